The number of anilines is 1. The molecule has 0 unspecified atom stereocenters. The highest BCUT2D eigenvalue weighted by molar-refractivity contribution is 7.98. The highest BCUT2D eigenvalue weighted by Gasteiger charge is 2.00. The Hall–Kier alpha value is -0.850. The molecule has 1 nitrogen and oxygen atoms in total. The molecule has 0 spiro atoms. The third kappa shape index (κ3) is 4.03. The number of nitrogens with two attached hydrogens (primary N) is 1. The van der Waals surface area contributed by atoms with Crippen LogP contribution < -0.4 is 5.73 Å². The van der Waals surface area contributed by atoms with Crippen molar-refractivity contribution in [3.63, 3.8) is 0 Å². The van der Waals surface area contributed by atoms with Gasteiger partial charge in [-0.1, -0.05) is 24.8 Å². The van der Waals surface area contributed by atoms with Crippen molar-refractivity contribution in [3.8, 4) is 11.8 Å². The van der Waals surface area contributed by atoms with Gasteiger partial charge in [-0.3, -0.25) is 0 Å². The molecule has 2 N–H and O–H groups in total. The minimum Gasteiger partial charge on any atom is -0.398 e. The fourth-order valence-corrected chi connectivity index (χ4v) is 2.21. The van der Waals surface area contributed by atoms with Gasteiger partial charge in [0.05, 0.1) is 15.4 Å². The molecule has 0 aromatic carbocycles. The Balaban J connectivity index is 2.77. The van der Waals surface area contributed by atoms with Crippen LogP contribution in [0.2, 0.25) is 0 Å². The molecule has 0 atom stereocenters. The van der Waals surface area contributed by atoms with Crippen LogP contribution in [0.25, 0.3) is 6.08 Å². The summed E-state index contributed by atoms with van der Waals surface area (Å²) in [6.45, 7) is 2.04. The van der Waals surface area contributed by atoms with E-state index in [4.69, 9.17) is 5.73 Å². The fourth-order valence-electron chi connectivity index (χ4n) is 1.04. The van der Waals surface area contributed by atoms with Crippen molar-refractivity contribution in [2.24, 2.45) is 0 Å². The van der Waals surface area contributed by atoms with E-state index in [0.717, 1.165) is 27.6 Å². The van der Waals surface area contributed by atoms with Crippen LogP contribution in [0.3, 0.4) is 0 Å². The molecule has 0 saturated heterocycles. The Kier molecular flexibility index (Phi) is 5.38. The van der Waals surface area contributed by atoms with E-state index in [-0.39, 0.29) is 0 Å². The summed E-state index contributed by atoms with van der Waals surface area (Å²) in [5.41, 5.74) is 6.71. The molecule has 0 fully saturated rings. The average molecular weight is 237 g/mol. The van der Waals surface area contributed by atoms with Crippen LogP contribution in [0, 0.1) is 11.8 Å². The predicted molar refractivity (Wildman–Crippen MR) is 73.3 cm³/mol. The standard InChI is InChI=1S/C12H15NS2/c1-3-4-6-10-9-11(13)12(15-10)7-5-8-14-2/h5,7,9H,3,8,13H2,1-2H3/b7-5+. The second-order valence-corrected chi connectivity index (χ2v) is 4.94. The molecule has 3 heteroatoms. The second kappa shape index (κ2) is 6.60. The molecular weight excluding hydrogens is 222 g/mol. The molecule has 0 aliphatic heterocycles. The van der Waals surface area contributed by atoms with Crippen LogP contribution in [-0.4, -0.2) is 12.0 Å². The normalized spacial score (nSPS) is 10.3. The van der Waals surface area contributed by atoms with E-state index in [9.17, 15) is 0 Å². The Labute approximate surface area is 99.8 Å². The maximum Gasteiger partial charge on any atom is 0.0796 e. The zero-order valence-electron chi connectivity index (χ0n) is 9.04. The molecule has 0 bridgehead atoms. The van der Waals surface area contributed by atoms with Gasteiger partial charge in [-0.15, -0.1) is 11.3 Å². The van der Waals surface area contributed by atoms with E-state index < -0.39 is 0 Å². The van der Waals surface area contributed by atoms with E-state index in [1.165, 1.54) is 0 Å². The summed E-state index contributed by atoms with van der Waals surface area (Å²) in [5.74, 6) is 7.17. The van der Waals surface area contributed by atoms with Crippen LogP contribution in [0.4, 0.5) is 5.69 Å². The highest BCUT2D eigenvalue weighted by Crippen LogP contribution is 2.25. The maximum absolute atomic E-state index is 5.88. The molecule has 15 heavy (non-hydrogen) atoms. The van der Waals surface area contributed by atoms with Gasteiger partial charge in [0.25, 0.3) is 0 Å². The van der Waals surface area contributed by atoms with Gasteiger partial charge in [-0.25, -0.2) is 0 Å². The summed E-state index contributed by atoms with van der Waals surface area (Å²) >= 11 is 3.45. The zero-order chi connectivity index (χ0) is 11.1. The lowest BCUT2D eigenvalue weighted by molar-refractivity contribution is 1.28. The minimum absolute atomic E-state index is 0.831. The van der Waals surface area contributed by atoms with Crippen molar-refractivity contribution in [2.75, 3.05) is 17.7 Å². The molecule has 1 aromatic heterocycles. The van der Waals surface area contributed by atoms with Gasteiger partial charge in [-0.2, -0.15) is 11.8 Å². The Morgan fingerprint density at radius 1 is 1.60 bits per heavy atom. The molecule has 0 saturated carbocycles. The van der Waals surface area contributed by atoms with E-state index in [0.29, 0.717) is 0 Å². The quantitative estimate of drug-likeness (QED) is 0.815. The Bertz CT molecular complexity index is 393. The van der Waals surface area contributed by atoms with Gasteiger partial charge in [0, 0.05) is 12.2 Å². The maximum atomic E-state index is 5.88. The van der Waals surface area contributed by atoms with Crippen LogP contribution in [0.5, 0.6) is 0 Å². The van der Waals surface area contributed by atoms with Gasteiger partial charge in [0.1, 0.15) is 0 Å². The molecular formula is C12H15NS2. The molecule has 1 aromatic rings. The van der Waals surface area contributed by atoms with Crippen LogP contribution >= 0.6 is 23.1 Å². The molecule has 0 amide bonds. The lowest BCUT2D eigenvalue weighted by Crippen LogP contribution is -1.81. The first kappa shape index (κ1) is 12.2. The summed E-state index contributed by atoms with van der Waals surface area (Å²) < 4.78 is 0. The van der Waals surface area contributed by atoms with Gasteiger partial charge in [-0.05, 0) is 18.4 Å². The Morgan fingerprint density at radius 3 is 3.07 bits per heavy atom. The number of hydrogen-bond donors (Lipinski definition) is 1. The third-order valence-electron chi connectivity index (χ3n) is 1.71. The van der Waals surface area contributed by atoms with Gasteiger partial charge in [0.15, 0.2) is 0 Å². The topological polar surface area (TPSA) is 26.0 Å². The van der Waals surface area contributed by atoms with Crippen molar-refractivity contribution in [2.45, 2.75) is 13.3 Å². The summed E-state index contributed by atoms with van der Waals surface area (Å²) in [6, 6.07) is 1.95. The monoisotopic (exact) mass is 237 g/mol. The van der Waals surface area contributed by atoms with Crippen LogP contribution in [-0.2, 0) is 0 Å². The Morgan fingerprint density at radius 2 is 2.40 bits per heavy atom. The first-order chi connectivity index (χ1) is 7.27. The first-order valence-electron chi connectivity index (χ1n) is 4.81. The fraction of sp³-hybridized carbons (Fsp3) is 0.333. The lowest BCUT2D eigenvalue weighted by atomic mass is 10.3. The molecule has 0 aliphatic carbocycles. The molecule has 80 valence electrons. The third-order valence-corrected chi connectivity index (χ3v) is 3.27. The van der Waals surface area contributed by atoms with Crippen LogP contribution in [0.1, 0.15) is 23.1 Å². The second-order valence-electron chi connectivity index (χ2n) is 2.94. The molecule has 0 radical (unpaired) electrons. The highest BCUT2D eigenvalue weighted by atomic mass is 32.2. The zero-order valence-corrected chi connectivity index (χ0v) is 10.7. The number of thiophene rings is 1. The van der Waals surface area contributed by atoms with Gasteiger partial charge in [0.2, 0.25) is 0 Å². The van der Waals surface area contributed by atoms with E-state index in [1.54, 1.807) is 23.1 Å². The number of thioether (sulfide) groups is 1. The predicted octanol–water partition coefficient (Wildman–Crippen LogP) is 3.47. The van der Waals surface area contributed by atoms with E-state index in [1.807, 2.05) is 13.0 Å². The van der Waals surface area contributed by atoms with E-state index >= 15 is 0 Å². The summed E-state index contributed by atoms with van der Waals surface area (Å²) in [4.78, 5) is 2.17. The average Bonchev–Trinajstić information content (AvgIpc) is 2.57. The SMILES string of the molecule is CCC#Cc1cc(N)c(/C=C/CSC)s1. The lowest BCUT2D eigenvalue weighted by Gasteiger charge is -1.88. The summed E-state index contributed by atoms with van der Waals surface area (Å²) in [7, 11) is 0. The van der Waals surface area contributed by atoms with Gasteiger partial charge < -0.3 is 5.73 Å². The first-order valence-corrected chi connectivity index (χ1v) is 7.02. The molecule has 1 rings (SSSR count). The van der Waals surface area contributed by atoms with Crippen molar-refractivity contribution >= 4 is 34.9 Å². The smallest absolute Gasteiger partial charge is 0.0796 e. The summed E-state index contributed by atoms with van der Waals surface area (Å²) in [5, 5.41) is 0. The number of rotatable bonds is 3. The van der Waals surface area contributed by atoms with E-state index in [2.05, 4.69) is 30.2 Å². The summed E-state index contributed by atoms with van der Waals surface area (Å²) in [6.07, 6.45) is 7.17. The number of hydrogen-bond acceptors (Lipinski definition) is 3. The van der Waals surface area contributed by atoms with Crippen molar-refractivity contribution in [1.29, 1.82) is 0 Å². The van der Waals surface area contributed by atoms with Crippen molar-refractivity contribution < 1.29 is 0 Å². The molecule has 1 heterocycles. The van der Waals surface area contributed by atoms with Crippen molar-refractivity contribution in [3.05, 3.63) is 21.9 Å². The van der Waals surface area contributed by atoms with Crippen molar-refractivity contribution in [1.82, 2.24) is 0 Å². The van der Waals surface area contributed by atoms with Gasteiger partial charge >= 0.3 is 0 Å². The minimum atomic E-state index is 0.831. The largest absolute Gasteiger partial charge is 0.398 e. The number of nitrogen functional groups attached to an aromatic ring is 1. The van der Waals surface area contributed by atoms with Crippen LogP contribution in [0.15, 0.2) is 12.1 Å². The molecule has 0 aliphatic rings.